The Balaban J connectivity index is 1.59. The van der Waals surface area contributed by atoms with Gasteiger partial charge in [0.1, 0.15) is 5.75 Å². The molecule has 1 saturated heterocycles. The molecule has 2 fully saturated rings. The first-order chi connectivity index (χ1) is 12.5. The van der Waals surface area contributed by atoms with E-state index in [9.17, 15) is 9.59 Å². The Kier molecular flexibility index (Phi) is 6.14. The van der Waals surface area contributed by atoms with E-state index in [-0.39, 0.29) is 11.8 Å². The fourth-order valence-electron chi connectivity index (χ4n) is 4.30. The molecule has 1 aliphatic heterocycles. The summed E-state index contributed by atoms with van der Waals surface area (Å²) in [6.07, 6.45) is 6.56. The van der Waals surface area contributed by atoms with Crippen LogP contribution in [0.25, 0.3) is 0 Å². The highest BCUT2D eigenvalue weighted by atomic mass is 16.5. The molecule has 1 aliphatic carbocycles. The van der Waals surface area contributed by atoms with Gasteiger partial charge in [-0.25, -0.2) is 0 Å². The zero-order valence-corrected chi connectivity index (χ0v) is 15.7. The Hall–Kier alpha value is -2.08. The predicted octanol–water partition coefficient (Wildman–Crippen LogP) is 3.10. The van der Waals surface area contributed by atoms with E-state index in [1.165, 1.54) is 39.0 Å². The van der Waals surface area contributed by atoms with Crippen LogP contribution in [-0.2, 0) is 9.59 Å². The Bertz CT molecular complexity index is 662. The summed E-state index contributed by atoms with van der Waals surface area (Å²) in [5.74, 6) is 2.00. The van der Waals surface area contributed by atoms with Crippen LogP contribution in [0.5, 0.6) is 5.75 Å². The lowest BCUT2D eigenvalue weighted by molar-refractivity contribution is -0.118. The smallest absolute Gasteiger partial charge is 0.238 e. The monoisotopic (exact) mass is 359 g/mol. The molecule has 3 rings (SSSR count). The van der Waals surface area contributed by atoms with Gasteiger partial charge in [-0.05, 0) is 49.4 Å². The number of fused-ring (bicyclic) bond motifs is 1. The number of nitrogens with one attached hydrogen (secondary N) is 2. The number of hydrogen-bond acceptors (Lipinski definition) is 4. The van der Waals surface area contributed by atoms with E-state index in [1.807, 2.05) is 0 Å². The van der Waals surface area contributed by atoms with Crippen molar-refractivity contribution in [2.75, 3.05) is 37.4 Å². The number of nitrogens with zero attached hydrogens (tertiary/aromatic N) is 1. The van der Waals surface area contributed by atoms with Crippen LogP contribution in [0.2, 0.25) is 0 Å². The molecule has 6 nitrogen and oxygen atoms in total. The Morgan fingerprint density at radius 3 is 2.65 bits per heavy atom. The van der Waals surface area contributed by atoms with E-state index in [0.29, 0.717) is 23.7 Å². The number of hydrogen-bond donors (Lipinski definition) is 2. The molecule has 0 spiro atoms. The summed E-state index contributed by atoms with van der Waals surface area (Å²) in [6.45, 7) is 3.88. The number of ether oxygens (including phenoxy) is 1. The number of carbonyl (C=O) groups is 2. The van der Waals surface area contributed by atoms with Gasteiger partial charge in [0.05, 0.1) is 19.3 Å². The molecule has 6 heteroatoms. The summed E-state index contributed by atoms with van der Waals surface area (Å²) >= 11 is 0. The fourth-order valence-corrected chi connectivity index (χ4v) is 4.30. The van der Waals surface area contributed by atoms with Crippen LogP contribution in [0.3, 0.4) is 0 Å². The third-order valence-corrected chi connectivity index (χ3v) is 5.54. The number of piperidine rings is 1. The summed E-state index contributed by atoms with van der Waals surface area (Å²) in [5.41, 5.74) is 1.22. The van der Waals surface area contributed by atoms with Crippen LogP contribution in [-0.4, -0.2) is 43.5 Å². The average molecular weight is 359 g/mol. The largest absolute Gasteiger partial charge is 0.495 e. The molecular formula is C20H29N3O3. The minimum absolute atomic E-state index is 0.0439. The van der Waals surface area contributed by atoms with Crippen LogP contribution < -0.4 is 15.4 Å². The molecule has 142 valence electrons. The molecule has 2 atom stereocenters. The van der Waals surface area contributed by atoms with Gasteiger partial charge in [0.25, 0.3) is 0 Å². The number of anilines is 2. The van der Waals surface area contributed by atoms with Gasteiger partial charge in [-0.15, -0.1) is 0 Å². The summed E-state index contributed by atoms with van der Waals surface area (Å²) in [5, 5.41) is 5.66. The summed E-state index contributed by atoms with van der Waals surface area (Å²) < 4.78 is 5.33. The quantitative estimate of drug-likeness (QED) is 0.847. The third-order valence-electron chi connectivity index (χ3n) is 5.54. The zero-order chi connectivity index (χ0) is 18.5. The number of rotatable bonds is 5. The van der Waals surface area contributed by atoms with Gasteiger partial charge in [-0.3, -0.25) is 14.5 Å². The number of methoxy groups -OCH3 is 1. The van der Waals surface area contributed by atoms with Gasteiger partial charge < -0.3 is 15.4 Å². The summed E-state index contributed by atoms with van der Waals surface area (Å²) in [6, 6.07) is 5.23. The highest BCUT2D eigenvalue weighted by Gasteiger charge is 2.31. The second-order valence-corrected chi connectivity index (χ2v) is 7.47. The van der Waals surface area contributed by atoms with Crippen LogP contribution in [0.4, 0.5) is 11.4 Å². The van der Waals surface area contributed by atoms with Crippen molar-refractivity contribution < 1.29 is 14.3 Å². The number of likely N-dealkylation sites (tertiary alicyclic amines) is 1. The molecule has 2 N–H and O–H groups in total. The minimum atomic E-state index is -0.150. The summed E-state index contributed by atoms with van der Waals surface area (Å²) in [7, 11) is 1.57. The van der Waals surface area contributed by atoms with Crippen molar-refractivity contribution in [3.63, 3.8) is 0 Å². The van der Waals surface area contributed by atoms with Crippen molar-refractivity contribution in [1.29, 1.82) is 0 Å². The lowest BCUT2D eigenvalue weighted by Crippen LogP contribution is -2.44. The van der Waals surface area contributed by atoms with Crippen molar-refractivity contribution in [3.8, 4) is 5.75 Å². The Morgan fingerprint density at radius 2 is 1.92 bits per heavy atom. The summed E-state index contributed by atoms with van der Waals surface area (Å²) in [4.78, 5) is 26.1. The molecule has 1 heterocycles. The van der Waals surface area contributed by atoms with Crippen LogP contribution >= 0.6 is 0 Å². The molecule has 1 aromatic rings. The molecule has 0 bridgehead atoms. The second-order valence-electron chi connectivity index (χ2n) is 7.47. The van der Waals surface area contributed by atoms with Gasteiger partial charge in [0, 0.05) is 19.2 Å². The number of benzene rings is 1. The van der Waals surface area contributed by atoms with Crippen molar-refractivity contribution in [1.82, 2.24) is 4.90 Å². The number of carbonyl (C=O) groups excluding carboxylic acids is 2. The fraction of sp³-hybridized carbons (Fsp3) is 0.600. The highest BCUT2D eigenvalue weighted by molar-refractivity contribution is 5.95. The minimum Gasteiger partial charge on any atom is -0.495 e. The van der Waals surface area contributed by atoms with Crippen LogP contribution in [0, 0.1) is 11.8 Å². The van der Waals surface area contributed by atoms with E-state index < -0.39 is 0 Å². The van der Waals surface area contributed by atoms with Gasteiger partial charge in [0.15, 0.2) is 0 Å². The first-order valence-corrected chi connectivity index (χ1v) is 9.53. The number of amides is 2. The van der Waals surface area contributed by atoms with Crippen molar-refractivity contribution in [3.05, 3.63) is 18.2 Å². The molecule has 0 radical (unpaired) electrons. The normalized spacial score (nSPS) is 23.0. The van der Waals surface area contributed by atoms with Gasteiger partial charge in [0.2, 0.25) is 11.8 Å². The Labute approximate surface area is 155 Å². The van der Waals surface area contributed by atoms with Gasteiger partial charge >= 0.3 is 0 Å². The lowest BCUT2D eigenvalue weighted by Gasteiger charge is -2.41. The molecule has 1 aromatic carbocycles. The topological polar surface area (TPSA) is 70.7 Å². The van der Waals surface area contributed by atoms with Crippen molar-refractivity contribution in [2.24, 2.45) is 11.8 Å². The molecule has 0 aromatic heterocycles. The maximum atomic E-state index is 12.5. The van der Waals surface area contributed by atoms with Gasteiger partial charge in [-0.1, -0.05) is 19.3 Å². The van der Waals surface area contributed by atoms with Crippen LogP contribution in [0.15, 0.2) is 18.2 Å². The predicted molar refractivity (Wildman–Crippen MR) is 102 cm³/mol. The van der Waals surface area contributed by atoms with E-state index in [2.05, 4.69) is 15.5 Å². The maximum Gasteiger partial charge on any atom is 0.238 e. The molecule has 26 heavy (non-hydrogen) atoms. The van der Waals surface area contributed by atoms with Crippen molar-refractivity contribution >= 4 is 23.2 Å². The average Bonchev–Trinajstić information content (AvgIpc) is 2.61. The molecule has 2 aliphatic rings. The molecule has 0 unspecified atom stereocenters. The van der Waals surface area contributed by atoms with E-state index in [1.54, 1.807) is 25.3 Å². The molecule has 1 saturated carbocycles. The van der Waals surface area contributed by atoms with Crippen LogP contribution in [0.1, 0.15) is 39.0 Å². The highest BCUT2D eigenvalue weighted by Crippen LogP contribution is 2.36. The maximum absolute atomic E-state index is 12.5. The first kappa shape index (κ1) is 18.7. The van der Waals surface area contributed by atoms with Gasteiger partial charge in [-0.2, -0.15) is 0 Å². The third kappa shape index (κ3) is 4.75. The zero-order valence-electron chi connectivity index (χ0n) is 15.7. The SMILES string of the molecule is COc1ccc(NC(C)=O)cc1NC(=O)CN1CC[C@H]2CCCC[C@@H]2C1. The van der Waals surface area contributed by atoms with Crippen molar-refractivity contribution in [2.45, 2.75) is 39.0 Å². The lowest BCUT2D eigenvalue weighted by atomic mass is 9.75. The second kappa shape index (κ2) is 8.54. The van der Waals surface area contributed by atoms with E-state index >= 15 is 0 Å². The standard InChI is InChI=1S/C20H29N3O3/c1-14(24)21-17-7-8-19(26-2)18(11-17)22-20(25)13-23-10-9-15-5-3-4-6-16(15)12-23/h7-8,11,15-16H,3-6,9-10,12-13H2,1-2H3,(H,21,24)(H,22,25)/t15-,16-/m1/s1. The Morgan fingerprint density at radius 1 is 1.15 bits per heavy atom. The molecular weight excluding hydrogens is 330 g/mol. The first-order valence-electron chi connectivity index (χ1n) is 9.53. The van der Waals surface area contributed by atoms with E-state index in [4.69, 9.17) is 4.74 Å². The van der Waals surface area contributed by atoms with E-state index in [0.717, 1.165) is 24.9 Å². The molecule has 2 amide bonds.